The summed E-state index contributed by atoms with van der Waals surface area (Å²) in [6.45, 7) is 7.03. The second-order valence-corrected chi connectivity index (χ2v) is 8.29. The van der Waals surface area contributed by atoms with Gasteiger partial charge in [0.1, 0.15) is 23.0 Å². The summed E-state index contributed by atoms with van der Waals surface area (Å²) < 4.78 is 15.8. The van der Waals surface area contributed by atoms with E-state index < -0.39 is 29.3 Å². The van der Waals surface area contributed by atoms with Gasteiger partial charge in [0.25, 0.3) is 0 Å². The average molecular weight is 407 g/mol. The van der Waals surface area contributed by atoms with Crippen LogP contribution in [-0.2, 0) is 9.53 Å². The third-order valence-corrected chi connectivity index (χ3v) is 4.37. The van der Waals surface area contributed by atoms with Crippen molar-refractivity contribution in [3.05, 3.63) is 40.2 Å². The molecule has 1 N–H and O–H groups in total. The molecule has 0 spiro atoms. The maximum atomic E-state index is 12.6. The molecular formula is C20H25NO6S. The van der Waals surface area contributed by atoms with E-state index in [2.05, 4.69) is 5.32 Å². The van der Waals surface area contributed by atoms with E-state index in [-0.39, 0.29) is 5.75 Å². The van der Waals surface area contributed by atoms with Gasteiger partial charge in [0, 0.05) is 17.5 Å². The fraction of sp³-hybridized carbons (Fsp3) is 0.450. The molecule has 1 amide bonds. The quantitative estimate of drug-likeness (QED) is 0.444. The second kappa shape index (κ2) is 9.14. The normalized spacial score (nSPS) is 12.5. The molecule has 1 atom stereocenters. The number of esters is 1. The number of benzene rings is 1. The minimum Gasteiger partial charge on any atom is -0.444 e. The predicted octanol–water partition coefficient (Wildman–Crippen LogP) is 3.65. The topological polar surface area (TPSA) is 94.8 Å². The third-order valence-electron chi connectivity index (χ3n) is 3.73. The molecular weight excluding hydrogens is 382 g/mol. The molecule has 0 bridgehead atoms. The van der Waals surface area contributed by atoms with E-state index in [4.69, 9.17) is 13.9 Å². The summed E-state index contributed by atoms with van der Waals surface area (Å²) in [5.41, 5.74) is -0.0475. The van der Waals surface area contributed by atoms with Crippen molar-refractivity contribution in [2.45, 2.75) is 45.8 Å². The van der Waals surface area contributed by atoms with Gasteiger partial charge in [0.15, 0.2) is 0 Å². The summed E-state index contributed by atoms with van der Waals surface area (Å²) in [4.78, 5) is 36.2. The number of nitrogens with one attached hydrogen (secondary N) is 1. The van der Waals surface area contributed by atoms with E-state index in [9.17, 15) is 14.4 Å². The Morgan fingerprint density at radius 2 is 1.96 bits per heavy atom. The number of hydrogen-bond acceptors (Lipinski definition) is 7. The number of thioether (sulfide) groups is 1. The number of hydrogen-bond donors (Lipinski definition) is 1. The number of carbonyl (C=O) groups excluding carboxylic acids is 2. The lowest BCUT2D eigenvalue weighted by Gasteiger charge is -2.22. The monoisotopic (exact) mass is 407 g/mol. The van der Waals surface area contributed by atoms with E-state index >= 15 is 0 Å². The minimum atomic E-state index is -0.859. The molecule has 0 radical (unpaired) electrons. The highest BCUT2D eigenvalue weighted by atomic mass is 32.2. The molecule has 7 nitrogen and oxygen atoms in total. The first-order valence-corrected chi connectivity index (χ1v) is 10.2. The van der Waals surface area contributed by atoms with E-state index in [1.807, 2.05) is 6.26 Å². The van der Waals surface area contributed by atoms with Gasteiger partial charge >= 0.3 is 17.7 Å². The zero-order valence-corrected chi connectivity index (χ0v) is 17.5. The van der Waals surface area contributed by atoms with Gasteiger partial charge in [-0.05, 0) is 63.8 Å². The lowest BCUT2D eigenvalue weighted by molar-refractivity contribution is -0.136. The predicted molar refractivity (Wildman–Crippen MR) is 109 cm³/mol. The zero-order valence-electron chi connectivity index (χ0n) is 16.7. The molecule has 0 aliphatic carbocycles. The Morgan fingerprint density at radius 1 is 1.25 bits per heavy atom. The number of aryl methyl sites for hydroxylation is 1. The first-order valence-electron chi connectivity index (χ1n) is 8.84. The van der Waals surface area contributed by atoms with Crippen LogP contribution in [0.5, 0.6) is 5.75 Å². The first-order chi connectivity index (χ1) is 13.1. The molecule has 0 saturated carbocycles. The SMILES string of the molecule is CSCC[C@@H](NC(=O)OC(C)(C)C)C(=O)Oc1ccc2c(C)cc(=O)oc2c1. The summed E-state index contributed by atoms with van der Waals surface area (Å²) in [5, 5.41) is 3.32. The van der Waals surface area contributed by atoms with Gasteiger partial charge < -0.3 is 19.2 Å². The molecule has 28 heavy (non-hydrogen) atoms. The lowest BCUT2D eigenvalue weighted by atomic mass is 10.1. The Morgan fingerprint density at radius 3 is 2.61 bits per heavy atom. The van der Waals surface area contributed by atoms with E-state index in [1.165, 1.54) is 12.1 Å². The first kappa shape index (κ1) is 21.8. The Kier molecular flexibility index (Phi) is 7.12. The van der Waals surface area contributed by atoms with Crippen molar-refractivity contribution in [2.24, 2.45) is 0 Å². The number of carbonyl (C=O) groups is 2. The Labute approximate surface area is 167 Å². The van der Waals surface area contributed by atoms with Crippen LogP contribution in [0.3, 0.4) is 0 Å². The summed E-state index contributed by atoms with van der Waals surface area (Å²) in [7, 11) is 0. The van der Waals surface area contributed by atoms with Crippen molar-refractivity contribution in [3.63, 3.8) is 0 Å². The molecule has 152 valence electrons. The molecule has 1 aromatic heterocycles. The average Bonchev–Trinajstić information content (AvgIpc) is 2.56. The number of fused-ring (bicyclic) bond motifs is 1. The van der Waals surface area contributed by atoms with Crippen LogP contribution in [0.1, 0.15) is 32.8 Å². The van der Waals surface area contributed by atoms with Crippen molar-refractivity contribution >= 4 is 34.8 Å². The fourth-order valence-electron chi connectivity index (χ4n) is 2.49. The van der Waals surface area contributed by atoms with Crippen LogP contribution in [0.15, 0.2) is 33.5 Å². The highest BCUT2D eigenvalue weighted by Crippen LogP contribution is 2.22. The van der Waals surface area contributed by atoms with Crippen molar-refractivity contribution in [1.82, 2.24) is 5.32 Å². The molecule has 0 saturated heterocycles. The van der Waals surface area contributed by atoms with Gasteiger partial charge in [0.05, 0.1) is 0 Å². The van der Waals surface area contributed by atoms with Crippen LogP contribution < -0.4 is 15.7 Å². The summed E-state index contributed by atoms with van der Waals surface area (Å²) >= 11 is 1.55. The molecule has 0 aliphatic rings. The van der Waals surface area contributed by atoms with Gasteiger partial charge in [0.2, 0.25) is 0 Å². The van der Waals surface area contributed by atoms with Gasteiger partial charge in [-0.15, -0.1) is 0 Å². The van der Waals surface area contributed by atoms with Crippen molar-refractivity contribution in [3.8, 4) is 5.75 Å². The van der Waals surface area contributed by atoms with Gasteiger partial charge in [-0.1, -0.05) is 0 Å². The molecule has 2 rings (SSSR count). The highest BCUT2D eigenvalue weighted by Gasteiger charge is 2.26. The molecule has 8 heteroatoms. The molecule has 2 aromatic rings. The van der Waals surface area contributed by atoms with Crippen molar-refractivity contribution in [2.75, 3.05) is 12.0 Å². The lowest BCUT2D eigenvalue weighted by Crippen LogP contribution is -2.45. The smallest absolute Gasteiger partial charge is 0.408 e. The Hall–Kier alpha value is -2.48. The minimum absolute atomic E-state index is 0.228. The van der Waals surface area contributed by atoms with Crippen molar-refractivity contribution < 1.29 is 23.5 Å². The maximum Gasteiger partial charge on any atom is 0.408 e. The van der Waals surface area contributed by atoms with Crippen LogP contribution >= 0.6 is 11.8 Å². The summed E-state index contributed by atoms with van der Waals surface area (Å²) in [6, 6.07) is 5.36. The largest absolute Gasteiger partial charge is 0.444 e. The van der Waals surface area contributed by atoms with Crippen LogP contribution in [0.4, 0.5) is 4.79 Å². The van der Waals surface area contributed by atoms with E-state index in [0.717, 1.165) is 10.9 Å². The standard InChI is InChI=1S/C20H25NO6S/c1-12-10-17(22)26-16-11-13(6-7-14(12)16)25-18(23)15(8-9-28-5)21-19(24)27-20(2,3)4/h6-7,10-11,15H,8-9H2,1-5H3,(H,21,24)/t15-/m1/s1. The number of rotatable bonds is 6. The highest BCUT2D eigenvalue weighted by molar-refractivity contribution is 7.98. The molecule has 1 heterocycles. The van der Waals surface area contributed by atoms with E-state index in [1.54, 1.807) is 51.6 Å². The van der Waals surface area contributed by atoms with Crippen molar-refractivity contribution in [1.29, 1.82) is 0 Å². The summed E-state index contributed by atoms with van der Waals surface area (Å²) in [6.07, 6.45) is 1.61. The van der Waals surface area contributed by atoms with E-state index in [0.29, 0.717) is 17.8 Å². The molecule has 0 unspecified atom stereocenters. The number of alkyl carbamates (subject to hydrolysis) is 1. The fourth-order valence-corrected chi connectivity index (χ4v) is 2.96. The zero-order chi connectivity index (χ0) is 20.9. The number of ether oxygens (including phenoxy) is 2. The Bertz CT molecular complexity index is 915. The third kappa shape index (κ3) is 6.30. The molecule has 1 aromatic carbocycles. The van der Waals surface area contributed by atoms with Crippen LogP contribution in [0.2, 0.25) is 0 Å². The summed E-state index contributed by atoms with van der Waals surface area (Å²) in [5.74, 6) is 0.266. The van der Waals surface area contributed by atoms with Gasteiger partial charge in [-0.25, -0.2) is 14.4 Å². The number of amides is 1. The second-order valence-electron chi connectivity index (χ2n) is 7.31. The van der Waals surface area contributed by atoms with Gasteiger partial charge in [-0.2, -0.15) is 11.8 Å². The van der Waals surface area contributed by atoms with Gasteiger partial charge in [-0.3, -0.25) is 0 Å². The van der Waals surface area contributed by atoms with Crippen LogP contribution in [0.25, 0.3) is 11.0 Å². The Balaban J connectivity index is 2.16. The molecule has 0 aliphatic heterocycles. The maximum absolute atomic E-state index is 12.6. The van der Waals surface area contributed by atoms with Crippen LogP contribution in [-0.4, -0.2) is 35.7 Å². The molecule has 0 fully saturated rings. The van der Waals surface area contributed by atoms with Crippen LogP contribution in [0, 0.1) is 6.92 Å².